The number of para-hydroxylation sites is 1. The lowest BCUT2D eigenvalue weighted by atomic mass is 10.1. The number of rotatable bonds is 8. The normalized spacial score (nSPS) is 10.9. The number of carbonyl (C=O) groups is 3. The number of thiophene rings is 2. The number of anilines is 1. The van der Waals surface area contributed by atoms with Gasteiger partial charge in [-0.3, -0.25) is 9.59 Å². The molecule has 7 nitrogen and oxygen atoms in total. The summed E-state index contributed by atoms with van der Waals surface area (Å²) < 4.78 is 5.88. The number of benzene rings is 1. The Balaban J connectivity index is 1.80. The maximum atomic E-state index is 13.7. The molecule has 0 aliphatic carbocycles. The first-order valence-corrected chi connectivity index (χ1v) is 13.9. The van der Waals surface area contributed by atoms with Crippen LogP contribution in [0.3, 0.4) is 0 Å². The third-order valence-corrected chi connectivity index (χ3v) is 8.33. The number of nitrogens with one attached hydrogen (secondary N) is 1. The number of halogens is 1. The molecule has 0 radical (unpaired) electrons. The molecule has 0 bridgehead atoms. The number of aromatic nitrogens is 1. The summed E-state index contributed by atoms with van der Waals surface area (Å²) in [5, 5.41) is 3.83. The molecule has 4 rings (SSSR count). The second kappa shape index (κ2) is 11.4. The number of amides is 2. The fourth-order valence-corrected chi connectivity index (χ4v) is 6.18. The Morgan fingerprint density at radius 2 is 1.78 bits per heavy atom. The Morgan fingerprint density at radius 3 is 2.43 bits per heavy atom. The van der Waals surface area contributed by atoms with E-state index in [1.807, 2.05) is 44.2 Å². The van der Waals surface area contributed by atoms with E-state index in [9.17, 15) is 14.4 Å². The van der Waals surface area contributed by atoms with E-state index < -0.39 is 11.9 Å². The van der Waals surface area contributed by atoms with Crippen LogP contribution in [0.1, 0.15) is 56.7 Å². The van der Waals surface area contributed by atoms with Gasteiger partial charge in [0.25, 0.3) is 11.8 Å². The Morgan fingerprint density at radius 1 is 1.05 bits per heavy atom. The average Bonchev–Trinajstić information content (AvgIpc) is 3.46. The number of fused-ring (bicyclic) bond motifs is 1. The first kappa shape index (κ1) is 26.8. The van der Waals surface area contributed by atoms with Gasteiger partial charge in [0.15, 0.2) is 0 Å². The van der Waals surface area contributed by atoms with Crippen molar-refractivity contribution in [3.05, 3.63) is 68.4 Å². The summed E-state index contributed by atoms with van der Waals surface area (Å²) in [6, 6.07) is 12.7. The van der Waals surface area contributed by atoms with Gasteiger partial charge in [0.2, 0.25) is 0 Å². The molecule has 37 heavy (non-hydrogen) atoms. The molecule has 0 aliphatic rings. The molecule has 0 saturated carbocycles. The Bertz CT molecular complexity index is 1490. The summed E-state index contributed by atoms with van der Waals surface area (Å²) in [5.41, 5.74) is 2.34. The zero-order chi connectivity index (χ0) is 26.7. The SMILES string of the molecule is CCOC(=O)c1c(NC(=O)c2cc(-c3ccc(Cl)s3)nc3ccccc23)sc(C(=O)N(CC)CC)c1C. The van der Waals surface area contributed by atoms with Crippen molar-refractivity contribution in [3.8, 4) is 10.6 Å². The van der Waals surface area contributed by atoms with Crippen LogP contribution in [0.4, 0.5) is 5.00 Å². The molecule has 3 heterocycles. The van der Waals surface area contributed by atoms with Gasteiger partial charge in [0, 0.05) is 18.5 Å². The highest BCUT2D eigenvalue weighted by atomic mass is 35.5. The van der Waals surface area contributed by atoms with Crippen LogP contribution >= 0.6 is 34.3 Å². The number of pyridine rings is 1. The molecule has 1 aromatic carbocycles. The fourth-order valence-electron chi connectivity index (χ4n) is 4.02. The fraction of sp³-hybridized carbons (Fsp3) is 0.259. The summed E-state index contributed by atoms with van der Waals surface area (Å²) in [6.07, 6.45) is 0. The van der Waals surface area contributed by atoms with Crippen molar-refractivity contribution in [1.29, 1.82) is 0 Å². The Hall–Kier alpha value is -3.27. The predicted octanol–water partition coefficient (Wildman–Crippen LogP) is 6.90. The van der Waals surface area contributed by atoms with Gasteiger partial charge in [0.05, 0.1) is 43.0 Å². The zero-order valence-corrected chi connectivity index (χ0v) is 23.3. The molecular formula is C27H26ClN3O4S2. The van der Waals surface area contributed by atoms with E-state index in [2.05, 4.69) is 5.32 Å². The lowest BCUT2D eigenvalue weighted by Gasteiger charge is -2.18. The van der Waals surface area contributed by atoms with E-state index >= 15 is 0 Å². The Labute approximate surface area is 228 Å². The molecule has 3 aromatic heterocycles. The summed E-state index contributed by atoms with van der Waals surface area (Å²) in [5.74, 6) is -1.19. The van der Waals surface area contributed by atoms with Gasteiger partial charge >= 0.3 is 5.97 Å². The highest BCUT2D eigenvalue weighted by molar-refractivity contribution is 7.19. The van der Waals surface area contributed by atoms with Crippen molar-refractivity contribution in [2.24, 2.45) is 0 Å². The molecule has 0 atom stereocenters. The van der Waals surface area contributed by atoms with E-state index in [1.54, 1.807) is 30.9 Å². The van der Waals surface area contributed by atoms with Crippen molar-refractivity contribution in [2.75, 3.05) is 25.0 Å². The van der Waals surface area contributed by atoms with Crippen LogP contribution in [0, 0.1) is 6.92 Å². The predicted molar refractivity (Wildman–Crippen MR) is 150 cm³/mol. The zero-order valence-electron chi connectivity index (χ0n) is 20.9. The average molecular weight is 556 g/mol. The second-order valence-electron chi connectivity index (χ2n) is 8.09. The van der Waals surface area contributed by atoms with Crippen LogP contribution in [0.25, 0.3) is 21.5 Å². The number of nitrogens with zero attached hydrogens (tertiary/aromatic N) is 2. The van der Waals surface area contributed by atoms with Crippen LogP contribution in [0.15, 0.2) is 42.5 Å². The van der Waals surface area contributed by atoms with Crippen molar-refractivity contribution >= 4 is 68.0 Å². The van der Waals surface area contributed by atoms with Gasteiger partial charge in [-0.25, -0.2) is 9.78 Å². The topological polar surface area (TPSA) is 88.6 Å². The van der Waals surface area contributed by atoms with Crippen LogP contribution in [-0.2, 0) is 4.74 Å². The van der Waals surface area contributed by atoms with Crippen LogP contribution in [0.2, 0.25) is 4.34 Å². The highest BCUT2D eigenvalue weighted by Gasteiger charge is 2.29. The number of esters is 1. The minimum absolute atomic E-state index is 0.169. The summed E-state index contributed by atoms with van der Waals surface area (Å²) in [6.45, 7) is 8.43. The van der Waals surface area contributed by atoms with Crippen LogP contribution < -0.4 is 5.32 Å². The lowest BCUT2D eigenvalue weighted by molar-refractivity contribution is 0.0527. The van der Waals surface area contributed by atoms with E-state index in [4.69, 9.17) is 21.3 Å². The van der Waals surface area contributed by atoms with Gasteiger partial charge in [-0.2, -0.15) is 0 Å². The first-order valence-electron chi connectivity index (χ1n) is 11.9. The molecule has 4 aromatic rings. The lowest BCUT2D eigenvalue weighted by Crippen LogP contribution is -2.30. The summed E-state index contributed by atoms with van der Waals surface area (Å²) in [7, 11) is 0. The smallest absolute Gasteiger partial charge is 0.341 e. The number of carbonyl (C=O) groups excluding carboxylic acids is 3. The molecule has 0 spiro atoms. The second-order valence-corrected chi connectivity index (χ2v) is 10.8. The Kier molecular flexibility index (Phi) is 8.26. The first-order chi connectivity index (χ1) is 17.8. The molecule has 10 heteroatoms. The van der Waals surface area contributed by atoms with E-state index in [1.165, 1.54) is 11.3 Å². The quantitative estimate of drug-likeness (QED) is 0.239. The van der Waals surface area contributed by atoms with E-state index in [-0.39, 0.29) is 23.1 Å². The summed E-state index contributed by atoms with van der Waals surface area (Å²) >= 11 is 8.59. The molecule has 0 aliphatic heterocycles. The van der Waals surface area contributed by atoms with Crippen molar-refractivity contribution in [1.82, 2.24) is 9.88 Å². The maximum Gasteiger partial charge on any atom is 0.341 e. The van der Waals surface area contributed by atoms with Crippen molar-refractivity contribution in [2.45, 2.75) is 27.7 Å². The minimum Gasteiger partial charge on any atom is -0.462 e. The largest absolute Gasteiger partial charge is 0.462 e. The molecule has 0 fully saturated rings. The van der Waals surface area contributed by atoms with Gasteiger partial charge in [-0.05, 0) is 57.5 Å². The van der Waals surface area contributed by atoms with E-state index in [0.29, 0.717) is 50.0 Å². The van der Waals surface area contributed by atoms with Gasteiger partial charge < -0.3 is 15.0 Å². The van der Waals surface area contributed by atoms with Gasteiger partial charge in [-0.1, -0.05) is 29.8 Å². The third kappa shape index (κ3) is 5.39. The molecule has 2 amide bonds. The molecule has 0 saturated heterocycles. The highest BCUT2D eigenvalue weighted by Crippen LogP contribution is 2.36. The third-order valence-electron chi connectivity index (χ3n) is 5.88. The number of hydrogen-bond donors (Lipinski definition) is 1. The molecule has 1 N–H and O–H groups in total. The molecule has 0 unspecified atom stereocenters. The van der Waals surface area contributed by atoms with Gasteiger partial charge in [0.1, 0.15) is 5.00 Å². The molecular weight excluding hydrogens is 530 g/mol. The molecule has 192 valence electrons. The van der Waals surface area contributed by atoms with Crippen molar-refractivity contribution in [3.63, 3.8) is 0 Å². The summed E-state index contributed by atoms with van der Waals surface area (Å²) in [4.78, 5) is 47.3. The van der Waals surface area contributed by atoms with E-state index in [0.717, 1.165) is 16.2 Å². The number of ether oxygens (including phenoxy) is 1. The van der Waals surface area contributed by atoms with Gasteiger partial charge in [-0.15, -0.1) is 22.7 Å². The minimum atomic E-state index is -0.585. The standard InChI is InChI=1S/C27H26ClN3O4S2/c1-5-31(6-2)26(33)23-15(4)22(27(34)35-7-3)25(37-23)30-24(32)17-14-19(20-12-13-21(28)36-20)29-18-11-9-8-10-16(17)18/h8-14H,5-7H2,1-4H3,(H,30,32). The monoisotopic (exact) mass is 555 g/mol. The van der Waals surface area contributed by atoms with Crippen molar-refractivity contribution < 1.29 is 19.1 Å². The van der Waals surface area contributed by atoms with Crippen LogP contribution in [-0.4, -0.2) is 47.4 Å². The van der Waals surface area contributed by atoms with Crippen LogP contribution in [0.5, 0.6) is 0 Å². The number of hydrogen-bond acceptors (Lipinski definition) is 7. The maximum absolute atomic E-state index is 13.7.